The molecular formula is C12H17N5O2. The Morgan fingerprint density at radius 3 is 2.89 bits per heavy atom. The van der Waals surface area contributed by atoms with Gasteiger partial charge in [-0.1, -0.05) is 0 Å². The molecule has 0 bridgehead atoms. The van der Waals surface area contributed by atoms with Crippen molar-refractivity contribution in [2.45, 2.75) is 18.9 Å². The van der Waals surface area contributed by atoms with Crippen LogP contribution in [0.5, 0.6) is 0 Å². The second-order valence-corrected chi connectivity index (χ2v) is 4.51. The number of hydrogen-bond acceptors (Lipinski definition) is 5. The summed E-state index contributed by atoms with van der Waals surface area (Å²) in [6.45, 7) is 0.685. The first-order valence-electron chi connectivity index (χ1n) is 6.19. The molecule has 2 amide bonds. The predicted octanol–water partition coefficient (Wildman–Crippen LogP) is -0.692. The Kier molecular flexibility index (Phi) is 4.27. The molecule has 0 radical (unpaired) electrons. The predicted molar refractivity (Wildman–Crippen MR) is 69.5 cm³/mol. The van der Waals surface area contributed by atoms with Gasteiger partial charge in [0.2, 0.25) is 17.8 Å². The fourth-order valence-electron chi connectivity index (χ4n) is 1.90. The summed E-state index contributed by atoms with van der Waals surface area (Å²) < 4.78 is 0. The molecule has 0 spiro atoms. The molecule has 1 aliphatic rings. The van der Waals surface area contributed by atoms with Crippen LogP contribution in [-0.2, 0) is 9.59 Å². The van der Waals surface area contributed by atoms with Crippen molar-refractivity contribution < 1.29 is 9.59 Å². The molecule has 1 aromatic rings. The van der Waals surface area contributed by atoms with E-state index in [0.29, 0.717) is 25.3 Å². The summed E-state index contributed by atoms with van der Waals surface area (Å²) in [5.74, 6) is 0.450. The highest BCUT2D eigenvalue weighted by Gasteiger charge is 2.20. The highest BCUT2D eigenvalue weighted by molar-refractivity contribution is 5.81. The van der Waals surface area contributed by atoms with Crippen molar-refractivity contribution in [2.24, 2.45) is 0 Å². The molecule has 0 aromatic carbocycles. The quantitative estimate of drug-likeness (QED) is 0.750. The minimum absolute atomic E-state index is 0.00953. The van der Waals surface area contributed by atoms with Gasteiger partial charge >= 0.3 is 0 Å². The Labute approximate surface area is 111 Å². The number of amides is 2. The normalized spacial score (nSPS) is 18.6. The summed E-state index contributed by atoms with van der Waals surface area (Å²) in [7, 11) is 1.76. The largest absolute Gasteiger partial charge is 0.354 e. The van der Waals surface area contributed by atoms with Gasteiger partial charge in [0.05, 0.1) is 6.54 Å². The number of nitrogens with zero attached hydrogens (tertiary/aromatic N) is 3. The molecule has 2 heterocycles. The third-order valence-corrected chi connectivity index (χ3v) is 2.90. The number of rotatable bonds is 4. The lowest BCUT2D eigenvalue weighted by molar-refractivity contribution is -0.125. The van der Waals surface area contributed by atoms with Gasteiger partial charge in [0.25, 0.3) is 0 Å². The number of piperidine rings is 1. The third kappa shape index (κ3) is 3.90. The van der Waals surface area contributed by atoms with Gasteiger partial charge in [-0.05, 0) is 12.5 Å². The lowest BCUT2D eigenvalue weighted by atomic mass is 10.1. The molecule has 2 N–H and O–H groups in total. The Morgan fingerprint density at radius 1 is 1.53 bits per heavy atom. The summed E-state index contributed by atoms with van der Waals surface area (Å²) in [5, 5.41) is 5.62. The zero-order valence-corrected chi connectivity index (χ0v) is 10.8. The van der Waals surface area contributed by atoms with Crippen LogP contribution in [0.1, 0.15) is 12.8 Å². The second-order valence-electron chi connectivity index (χ2n) is 4.51. The molecular weight excluding hydrogens is 246 g/mol. The molecule has 7 nitrogen and oxygen atoms in total. The number of aromatic nitrogens is 2. The lowest BCUT2D eigenvalue weighted by Gasteiger charge is -2.24. The highest BCUT2D eigenvalue weighted by Crippen LogP contribution is 2.04. The van der Waals surface area contributed by atoms with E-state index in [9.17, 15) is 9.59 Å². The first kappa shape index (κ1) is 13.3. The van der Waals surface area contributed by atoms with Gasteiger partial charge in [-0.2, -0.15) is 0 Å². The number of carbonyl (C=O) groups excluding carboxylic acids is 2. The molecule has 1 saturated heterocycles. The number of carbonyl (C=O) groups is 2. The maximum absolute atomic E-state index is 11.9. The van der Waals surface area contributed by atoms with Gasteiger partial charge in [0.15, 0.2) is 0 Å². The minimum Gasteiger partial charge on any atom is -0.354 e. The van der Waals surface area contributed by atoms with Gasteiger partial charge in [-0.25, -0.2) is 9.97 Å². The summed E-state index contributed by atoms with van der Waals surface area (Å²) in [5.41, 5.74) is 0. The molecule has 1 aromatic heterocycles. The molecule has 0 aliphatic carbocycles. The molecule has 2 rings (SSSR count). The van der Waals surface area contributed by atoms with Crippen molar-refractivity contribution in [2.75, 3.05) is 25.0 Å². The maximum atomic E-state index is 11.9. The molecule has 1 atom stereocenters. The fraction of sp³-hybridized carbons (Fsp3) is 0.500. The van der Waals surface area contributed by atoms with E-state index in [1.54, 1.807) is 30.4 Å². The lowest BCUT2D eigenvalue weighted by Crippen LogP contribution is -2.49. The van der Waals surface area contributed by atoms with Gasteiger partial charge in [-0.15, -0.1) is 0 Å². The van der Waals surface area contributed by atoms with E-state index in [2.05, 4.69) is 20.6 Å². The smallest absolute Gasteiger partial charge is 0.239 e. The summed E-state index contributed by atoms with van der Waals surface area (Å²) in [6.07, 6.45) is 4.41. The topological polar surface area (TPSA) is 87.2 Å². The SMILES string of the molecule is CN(CC(=O)NC1CCC(=O)NC1)c1ncccn1. The van der Waals surface area contributed by atoms with Crippen molar-refractivity contribution in [3.05, 3.63) is 18.5 Å². The van der Waals surface area contributed by atoms with Crippen molar-refractivity contribution in [1.29, 1.82) is 0 Å². The Balaban J connectivity index is 1.79. The molecule has 19 heavy (non-hydrogen) atoms. The first-order valence-corrected chi connectivity index (χ1v) is 6.19. The van der Waals surface area contributed by atoms with E-state index in [1.165, 1.54) is 0 Å². The van der Waals surface area contributed by atoms with Crippen molar-refractivity contribution in [3.8, 4) is 0 Å². The van der Waals surface area contributed by atoms with Crippen molar-refractivity contribution >= 4 is 17.8 Å². The van der Waals surface area contributed by atoms with E-state index in [0.717, 1.165) is 0 Å². The van der Waals surface area contributed by atoms with Crippen molar-refractivity contribution in [1.82, 2.24) is 20.6 Å². The zero-order valence-electron chi connectivity index (χ0n) is 10.8. The van der Waals surface area contributed by atoms with Crippen LogP contribution in [-0.4, -0.2) is 48.0 Å². The average Bonchev–Trinajstić information content (AvgIpc) is 2.42. The first-order chi connectivity index (χ1) is 9.15. The Morgan fingerprint density at radius 2 is 2.26 bits per heavy atom. The molecule has 1 unspecified atom stereocenters. The van der Waals surface area contributed by atoms with Crippen LogP contribution in [0.4, 0.5) is 5.95 Å². The molecule has 7 heteroatoms. The van der Waals surface area contributed by atoms with E-state index in [1.807, 2.05) is 0 Å². The van der Waals surface area contributed by atoms with Crippen LogP contribution in [0.15, 0.2) is 18.5 Å². The summed E-state index contributed by atoms with van der Waals surface area (Å²) in [6, 6.07) is 1.73. The second kappa shape index (κ2) is 6.12. The Hall–Kier alpha value is -2.18. The van der Waals surface area contributed by atoms with Crippen LogP contribution in [0.2, 0.25) is 0 Å². The van der Waals surface area contributed by atoms with E-state index in [-0.39, 0.29) is 24.4 Å². The number of likely N-dealkylation sites (N-methyl/N-ethyl adjacent to an activating group) is 1. The van der Waals surface area contributed by atoms with Crippen molar-refractivity contribution in [3.63, 3.8) is 0 Å². The molecule has 102 valence electrons. The highest BCUT2D eigenvalue weighted by atomic mass is 16.2. The number of anilines is 1. The molecule has 1 fully saturated rings. The monoisotopic (exact) mass is 263 g/mol. The van der Waals surface area contributed by atoms with E-state index in [4.69, 9.17) is 0 Å². The van der Waals surface area contributed by atoms with Crippen LogP contribution < -0.4 is 15.5 Å². The van der Waals surface area contributed by atoms with Crippen LogP contribution in [0.3, 0.4) is 0 Å². The average molecular weight is 263 g/mol. The molecule has 0 saturated carbocycles. The van der Waals surface area contributed by atoms with Gasteiger partial charge in [0.1, 0.15) is 0 Å². The van der Waals surface area contributed by atoms with Crippen LogP contribution in [0, 0.1) is 0 Å². The van der Waals surface area contributed by atoms with E-state index < -0.39 is 0 Å². The van der Waals surface area contributed by atoms with Gasteiger partial charge < -0.3 is 15.5 Å². The maximum Gasteiger partial charge on any atom is 0.239 e. The van der Waals surface area contributed by atoms with Gasteiger partial charge in [-0.3, -0.25) is 9.59 Å². The molecule has 1 aliphatic heterocycles. The minimum atomic E-state index is -0.101. The zero-order chi connectivity index (χ0) is 13.7. The third-order valence-electron chi connectivity index (χ3n) is 2.90. The fourth-order valence-corrected chi connectivity index (χ4v) is 1.90. The van der Waals surface area contributed by atoms with Crippen LogP contribution in [0.25, 0.3) is 0 Å². The van der Waals surface area contributed by atoms with Crippen LogP contribution >= 0.6 is 0 Å². The Bertz CT molecular complexity index is 441. The number of nitrogens with one attached hydrogen (secondary N) is 2. The van der Waals surface area contributed by atoms with Gasteiger partial charge in [0, 0.05) is 38.4 Å². The summed E-state index contributed by atoms with van der Waals surface area (Å²) in [4.78, 5) is 32.7. The van der Waals surface area contributed by atoms with E-state index >= 15 is 0 Å². The number of hydrogen-bond donors (Lipinski definition) is 2. The summed E-state index contributed by atoms with van der Waals surface area (Å²) >= 11 is 0. The standard InChI is InChI=1S/C12H17N5O2/c1-17(12-13-5-2-6-14-12)8-11(19)16-9-3-4-10(18)15-7-9/h2,5-6,9H,3-4,7-8H2,1H3,(H,15,18)(H,16,19).